The van der Waals surface area contributed by atoms with Gasteiger partial charge in [0.05, 0.1) is 13.2 Å². The van der Waals surface area contributed by atoms with Crippen molar-refractivity contribution in [2.24, 2.45) is 17.2 Å². The first-order chi connectivity index (χ1) is 15.1. The molecule has 32 heavy (non-hydrogen) atoms. The molecule has 0 aliphatic carbocycles. The number of aliphatic hydroxyl groups is 1. The Balaban J connectivity index is 2.77. The van der Waals surface area contributed by atoms with Crippen LogP contribution >= 0.6 is 0 Å². The fraction of sp³-hybridized carbons (Fsp3) is 0.737. The largest absolute Gasteiger partial charge is 0.394 e. The zero-order chi connectivity index (χ0) is 24.3. The number of hydrogen-bond donors (Lipinski definition) is 7. The second-order valence-electron chi connectivity index (χ2n) is 7.73. The van der Waals surface area contributed by atoms with Gasteiger partial charge in [-0.25, -0.2) is 0 Å². The lowest BCUT2D eigenvalue weighted by atomic mass is 10.1. The van der Waals surface area contributed by atoms with Crippen molar-refractivity contribution in [2.75, 3.05) is 26.2 Å². The third-order valence-electron chi connectivity index (χ3n) is 5.16. The Labute approximate surface area is 186 Å². The van der Waals surface area contributed by atoms with Gasteiger partial charge in [0.25, 0.3) is 0 Å². The molecule has 1 heterocycles. The van der Waals surface area contributed by atoms with Crippen LogP contribution in [0.1, 0.15) is 39.0 Å². The number of nitrogens with zero attached hydrogens (tertiary/aromatic N) is 1. The number of primary amides is 1. The number of nitrogens with two attached hydrogens (primary N) is 3. The number of carbonyl (C=O) groups is 5. The van der Waals surface area contributed by atoms with Crippen LogP contribution < -0.4 is 33.2 Å². The van der Waals surface area contributed by atoms with E-state index in [1.165, 1.54) is 11.8 Å². The molecule has 0 saturated carbocycles. The molecule has 0 spiro atoms. The predicted molar refractivity (Wildman–Crippen MR) is 114 cm³/mol. The Kier molecular flexibility index (Phi) is 11.6. The number of nitrogens with one attached hydrogen (secondary N) is 3. The molecule has 13 heteroatoms. The van der Waals surface area contributed by atoms with Crippen LogP contribution in [0.3, 0.4) is 0 Å². The molecule has 10 N–H and O–H groups in total. The molecule has 0 bridgehead atoms. The van der Waals surface area contributed by atoms with Crippen LogP contribution in [0.4, 0.5) is 0 Å². The molecule has 1 aliphatic heterocycles. The summed E-state index contributed by atoms with van der Waals surface area (Å²) in [6.07, 6.45) is 2.50. The van der Waals surface area contributed by atoms with Crippen LogP contribution in [0.25, 0.3) is 0 Å². The topological polar surface area (TPSA) is 223 Å². The predicted octanol–water partition coefficient (Wildman–Crippen LogP) is -3.98. The number of likely N-dealkylation sites (tertiary alicyclic amines) is 1. The first-order valence-electron chi connectivity index (χ1n) is 10.7. The highest BCUT2D eigenvalue weighted by atomic mass is 16.3. The average Bonchev–Trinajstić information content (AvgIpc) is 3.25. The highest BCUT2D eigenvalue weighted by Gasteiger charge is 2.37. The zero-order valence-electron chi connectivity index (χ0n) is 18.3. The molecule has 0 aromatic carbocycles. The molecule has 4 atom stereocenters. The van der Waals surface area contributed by atoms with Gasteiger partial charge >= 0.3 is 0 Å². The van der Waals surface area contributed by atoms with E-state index in [4.69, 9.17) is 22.3 Å². The Bertz CT molecular complexity index is 689. The standard InChI is InChI=1S/C19H35N7O6/c1-11(16(22)29)24-15(28)9-23-18(31)14-6-4-8-26(14)19(32)13(5-2-3-7-20)25-17(30)12(21)10-27/h11-14,27H,2-10,20-21H2,1H3,(H2,22,29)(H,23,31)(H,24,28)(H,25,30)/t11-,12-,13-,14-/m0/s1. The molecule has 1 rings (SSSR count). The van der Waals surface area contributed by atoms with Crippen LogP contribution in [-0.4, -0.2) is 90.0 Å². The van der Waals surface area contributed by atoms with Crippen molar-refractivity contribution in [3.05, 3.63) is 0 Å². The van der Waals surface area contributed by atoms with Crippen LogP contribution in [0.2, 0.25) is 0 Å². The van der Waals surface area contributed by atoms with Crippen molar-refractivity contribution in [3.8, 4) is 0 Å². The van der Waals surface area contributed by atoms with Crippen molar-refractivity contribution in [1.29, 1.82) is 0 Å². The fourth-order valence-electron chi connectivity index (χ4n) is 3.26. The summed E-state index contributed by atoms with van der Waals surface area (Å²) >= 11 is 0. The normalized spacial score (nSPS) is 18.4. The smallest absolute Gasteiger partial charge is 0.245 e. The van der Waals surface area contributed by atoms with Gasteiger partial charge in [-0.15, -0.1) is 0 Å². The van der Waals surface area contributed by atoms with Crippen LogP contribution in [0.15, 0.2) is 0 Å². The van der Waals surface area contributed by atoms with Gasteiger partial charge in [-0.3, -0.25) is 24.0 Å². The van der Waals surface area contributed by atoms with Crippen molar-refractivity contribution in [2.45, 2.75) is 63.2 Å². The first-order valence-corrected chi connectivity index (χ1v) is 10.7. The second-order valence-corrected chi connectivity index (χ2v) is 7.73. The van der Waals surface area contributed by atoms with Crippen molar-refractivity contribution in [1.82, 2.24) is 20.9 Å². The molecule has 1 saturated heterocycles. The van der Waals surface area contributed by atoms with Gasteiger partial charge < -0.3 is 43.2 Å². The second kappa shape index (κ2) is 13.6. The average molecular weight is 458 g/mol. The molecule has 0 radical (unpaired) electrons. The maximum atomic E-state index is 13.1. The zero-order valence-corrected chi connectivity index (χ0v) is 18.3. The summed E-state index contributed by atoms with van der Waals surface area (Å²) in [7, 11) is 0. The van der Waals surface area contributed by atoms with Gasteiger partial charge in [0.1, 0.15) is 24.2 Å². The summed E-state index contributed by atoms with van der Waals surface area (Å²) in [6, 6.07) is -3.77. The Morgan fingerprint density at radius 2 is 1.84 bits per heavy atom. The van der Waals surface area contributed by atoms with E-state index in [2.05, 4.69) is 16.0 Å². The van der Waals surface area contributed by atoms with Crippen LogP contribution in [0, 0.1) is 0 Å². The van der Waals surface area contributed by atoms with E-state index in [1.54, 1.807) is 0 Å². The summed E-state index contributed by atoms with van der Waals surface area (Å²) in [5.74, 6) is -2.92. The number of unbranched alkanes of at least 4 members (excludes halogenated alkanes) is 1. The SMILES string of the molecule is C[C@H](NC(=O)CNC(=O)[C@@H]1CCCN1C(=O)[C@H](CCCCN)NC(=O)[C@@H](N)CO)C(N)=O. The molecule has 1 fully saturated rings. The maximum Gasteiger partial charge on any atom is 0.245 e. The lowest BCUT2D eigenvalue weighted by Gasteiger charge is -2.29. The third-order valence-corrected chi connectivity index (χ3v) is 5.16. The molecule has 1 aliphatic rings. The minimum absolute atomic E-state index is 0.304. The van der Waals surface area contributed by atoms with E-state index in [-0.39, 0.29) is 6.54 Å². The van der Waals surface area contributed by atoms with Crippen molar-refractivity contribution < 1.29 is 29.1 Å². The highest BCUT2D eigenvalue weighted by molar-refractivity contribution is 5.95. The summed E-state index contributed by atoms with van der Waals surface area (Å²) in [4.78, 5) is 62.1. The highest BCUT2D eigenvalue weighted by Crippen LogP contribution is 2.20. The Morgan fingerprint density at radius 1 is 1.16 bits per heavy atom. The molecular formula is C19H35N7O6. The summed E-state index contributed by atoms with van der Waals surface area (Å²) in [6.45, 7) is 1.21. The number of carbonyl (C=O) groups excluding carboxylic acids is 5. The lowest BCUT2D eigenvalue weighted by molar-refractivity contribution is -0.142. The van der Waals surface area contributed by atoms with Crippen LogP contribution in [-0.2, 0) is 24.0 Å². The van der Waals surface area contributed by atoms with Gasteiger partial charge in [0.15, 0.2) is 0 Å². The van der Waals surface area contributed by atoms with Gasteiger partial charge in [0, 0.05) is 6.54 Å². The third kappa shape index (κ3) is 8.40. The molecule has 5 amide bonds. The Morgan fingerprint density at radius 3 is 2.44 bits per heavy atom. The summed E-state index contributed by atoms with van der Waals surface area (Å²) < 4.78 is 0. The van der Waals surface area contributed by atoms with E-state index < -0.39 is 60.3 Å². The minimum atomic E-state index is -1.17. The molecule has 0 aromatic rings. The van der Waals surface area contributed by atoms with Crippen molar-refractivity contribution in [3.63, 3.8) is 0 Å². The van der Waals surface area contributed by atoms with E-state index in [0.717, 1.165) is 0 Å². The summed E-state index contributed by atoms with van der Waals surface area (Å²) in [5, 5.41) is 16.4. The Hall–Kier alpha value is -2.77. The monoisotopic (exact) mass is 457 g/mol. The quantitative estimate of drug-likeness (QED) is 0.135. The van der Waals surface area contributed by atoms with Gasteiger partial charge in [-0.05, 0) is 45.6 Å². The number of amides is 5. The van der Waals surface area contributed by atoms with E-state index in [1.807, 2.05) is 0 Å². The molecule has 182 valence electrons. The van der Waals surface area contributed by atoms with Crippen molar-refractivity contribution >= 4 is 29.5 Å². The molecule has 0 aromatic heterocycles. The van der Waals surface area contributed by atoms with Gasteiger partial charge in [-0.2, -0.15) is 0 Å². The van der Waals surface area contributed by atoms with E-state index in [0.29, 0.717) is 45.2 Å². The lowest BCUT2D eigenvalue weighted by Crippen LogP contribution is -2.56. The maximum absolute atomic E-state index is 13.1. The van der Waals surface area contributed by atoms with Crippen LogP contribution in [0.5, 0.6) is 0 Å². The fourth-order valence-corrected chi connectivity index (χ4v) is 3.26. The van der Waals surface area contributed by atoms with E-state index in [9.17, 15) is 24.0 Å². The first kappa shape index (κ1) is 27.3. The summed E-state index contributed by atoms with van der Waals surface area (Å²) in [5.41, 5.74) is 16.1. The molecular weight excluding hydrogens is 422 g/mol. The van der Waals surface area contributed by atoms with Gasteiger partial charge in [0.2, 0.25) is 29.5 Å². The molecule has 0 unspecified atom stereocenters. The number of aliphatic hydroxyl groups excluding tert-OH is 1. The molecule has 13 nitrogen and oxygen atoms in total. The minimum Gasteiger partial charge on any atom is -0.394 e. The van der Waals surface area contributed by atoms with Gasteiger partial charge in [-0.1, -0.05) is 0 Å². The van der Waals surface area contributed by atoms with E-state index >= 15 is 0 Å². The number of hydrogen-bond acceptors (Lipinski definition) is 8. The number of rotatable bonds is 13.